The number of nitrogens with one attached hydrogen (secondary N) is 2. The molecule has 4 rings (SSSR count). The molecule has 4 aromatic heterocycles. The first-order valence-corrected chi connectivity index (χ1v) is 13.6. The van der Waals surface area contributed by atoms with Gasteiger partial charge in [-0.25, -0.2) is 28.3 Å². The van der Waals surface area contributed by atoms with Gasteiger partial charge < -0.3 is 30.7 Å². The Hall–Kier alpha value is -5.28. The number of hydrogen-bond acceptors (Lipinski definition) is 11. The first-order valence-electron chi connectivity index (χ1n) is 13.6. The number of fused-ring (bicyclic) bond motifs is 2. The Morgan fingerprint density at radius 2 is 1.20 bits per heavy atom. The number of carbonyl (C=O) groups is 2. The summed E-state index contributed by atoms with van der Waals surface area (Å²) in [6.45, 7) is 9.29. The predicted molar refractivity (Wildman–Crippen MR) is 160 cm³/mol. The molecular formula is C29H34F2N6O8. The number of aromatic nitrogens is 4. The average molecular weight is 633 g/mol. The highest BCUT2D eigenvalue weighted by Crippen LogP contribution is 2.22. The van der Waals surface area contributed by atoms with Crippen LogP contribution >= 0.6 is 0 Å². The lowest BCUT2D eigenvalue weighted by atomic mass is 10.1. The highest BCUT2D eigenvalue weighted by molar-refractivity contribution is 5.83. The number of rotatable bonds is 8. The van der Waals surface area contributed by atoms with Crippen molar-refractivity contribution in [3.8, 4) is 11.5 Å². The third kappa shape index (κ3) is 6.94. The van der Waals surface area contributed by atoms with E-state index in [-0.39, 0.29) is 40.5 Å². The first-order chi connectivity index (χ1) is 20.9. The summed E-state index contributed by atoms with van der Waals surface area (Å²) in [7, 11) is 1.24. The van der Waals surface area contributed by atoms with Gasteiger partial charge in [-0.1, -0.05) is 13.8 Å². The number of esters is 1. The number of ether oxygens (including phenoxy) is 1. The molecule has 0 aromatic carbocycles. The lowest BCUT2D eigenvalue weighted by molar-refractivity contribution is -0.144. The van der Waals surface area contributed by atoms with Crippen molar-refractivity contribution < 1.29 is 38.4 Å². The molecule has 0 bridgehead atoms. The van der Waals surface area contributed by atoms with Crippen molar-refractivity contribution >= 4 is 34.6 Å². The van der Waals surface area contributed by atoms with Crippen LogP contribution < -0.4 is 21.8 Å². The fourth-order valence-electron chi connectivity index (χ4n) is 4.18. The molecule has 0 aliphatic rings. The smallest absolute Gasteiger partial charge is 0.330 e. The second-order valence-corrected chi connectivity index (χ2v) is 11.0. The summed E-state index contributed by atoms with van der Waals surface area (Å²) in [6.07, 6.45) is 3.06. The van der Waals surface area contributed by atoms with Crippen LogP contribution in [-0.2, 0) is 27.2 Å². The van der Waals surface area contributed by atoms with E-state index in [1.165, 1.54) is 33.4 Å². The molecular weight excluding hydrogens is 598 g/mol. The van der Waals surface area contributed by atoms with E-state index in [2.05, 4.69) is 25.3 Å². The summed E-state index contributed by atoms with van der Waals surface area (Å²) in [5, 5.41) is 34.1. The zero-order chi connectivity index (χ0) is 34.0. The van der Waals surface area contributed by atoms with Crippen molar-refractivity contribution in [2.45, 2.75) is 65.5 Å². The molecule has 0 fully saturated rings. The van der Waals surface area contributed by atoms with Gasteiger partial charge in [-0.3, -0.25) is 18.4 Å². The number of carboxylic acids is 1. The van der Waals surface area contributed by atoms with E-state index >= 15 is 0 Å². The molecule has 45 heavy (non-hydrogen) atoms. The van der Waals surface area contributed by atoms with Gasteiger partial charge in [0.05, 0.1) is 29.9 Å². The van der Waals surface area contributed by atoms with Crippen molar-refractivity contribution in [3.05, 3.63) is 68.3 Å². The SMILES string of the molecule is CCc1nc2c(F)cc(NC(C)(C)C(=O)O)cn2c(=O)c1O.CCc1nc2c(F)cc(NC(C)(C)C(=O)OC)cn2c(=O)c1O. The van der Waals surface area contributed by atoms with E-state index in [4.69, 9.17) is 5.11 Å². The van der Waals surface area contributed by atoms with Gasteiger partial charge in [0.25, 0.3) is 11.1 Å². The molecule has 0 unspecified atom stereocenters. The van der Waals surface area contributed by atoms with E-state index in [1.54, 1.807) is 27.7 Å². The number of nitrogens with zero attached hydrogens (tertiary/aromatic N) is 4. The topological polar surface area (TPSA) is 197 Å². The number of carboxylic acid groups (broad SMARTS) is 1. The lowest BCUT2D eigenvalue weighted by Gasteiger charge is -2.24. The maximum Gasteiger partial charge on any atom is 0.330 e. The summed E-state index contributed by atoms with van der Waals surface area (Å²) < 4.78 is 34.8. The van der Waals surface area contributed by atoms with Crippen LogP contribution in [0.5, 0.6) is 11.5 Å². The highest BCUT2D eigenvalue weighted by atomic mass is 19.1. The molecule has 0 spiro atoms. The summed E-state index contributed by atoms with van der Waals surface area (Å²) in [5.74, 6) is -4.29. The predicted octanol–water partition coefficient (Wildman–Crippen LogP) is 2.84. The molecule has 0 aliphatic carbocycles. The van der Waals surface area contributed by atoms with Crippen LogP contribution in [0.3, 0.4) is 0 Å². The van der Waals surface area contributed by atoms with Crippen molar-refractivity contribution in [2.75, 3.05) is 17.7 Å². The Bertz CT molecular complexity index is 1920. The van der Waals surface area contributed by atoms with Gasteiger partial charge in [0.1, 0.15) is 11.1 Å². The second-order valence-electron chi connectivity index (χ2n) is 11.0. The normalized spacial score (nSPS) is 11.6. The number of aromatic hydroxyl groups is 2. The van der Waals surface area contributed by atoms with Crippen molar-refractivity contribution in [1.29, 1.82) is 0 Å². The standard InChI is InChI=1S/C15H18FN3O4.C14H16FN3O4/c1-5-10-11(20)13(21)19-7-8(6-9(16)12(19)17-10)18-15(2,3)14(22)23-4;1-4-9-10(19)12(20)18-6-7(5-8(15)11(18)16-9)17-14(2,3)13(21)22/h6-7,18,20H,5H2,1-4H3;5-6,17,19H,4H2,1-3H3,(H,21,22). The number of carbonyl (C=O) groups excluding carboxylic acids is 1. The Morgan fingerprint density at radius 1 is 0.822 bits per heavy atom. The maximum absolute atomic E-state index is 14.3. The van der Waals surface area contributed by atoms with Crippen molar-refractivity contribution in [1.82, 2.24) is 18.8 Å². The van der Waals surface area contributed by atoms with Crippen LogP contribution in [0.25, 0.3) is 11.3 Å². The van der Waals surface area contributed by atoms with Crippen LogP contribution in [0, 0.1) is 11.6 Å². The molecule has 0 saturated heterocycles. The van der Waals surface area contributed by atoms with E-state index in [9.17, 15) is 38.2 Å². The molecule has 0 aliphatic heterocycles. The third-order valence-electron chi connectivity index (χ3n) is 6.67. The molecule has 0 atom stereocenters. The zero-order valence-corrected chi connectivity index (χ0v) is 25.7. The van der Waals surface area contributed by atoms with Gasteiger partial charge in [0, 0.05) is 24.5 Å². The van der Waals surface area contributed by atoms with E-state index in [1.807, 2.05) is 0 Å². The van der Waals surface area contributed by atoms with Gasteiger partial charge in [0.2, 0.25) is 11.5 Å². The van der Waals surface area contributed by atoms with Gasteiger partial charge in [-0.15, -0.1) is 0 Å². The van der Waals surface area contributed by atoms with E-state index in [0.717, 1.165) is 20.9 Å². The van der Waals surface area contributed by atoms with Crippen LogP contribution in [0.1, 0.15) is 52.9 Å². The Morgan fingerprint density at radius 3 is 1.53 bits per heavy atom. The monoisotopic (exact) mass is 632 g/mol. The second kappa shape index (κ2) is 12.8. The van der Waals surface area contributed by atoms with Gasteiger partial charge >= 0.3 is 11.9 Å². The summed E-state index contributed by atoms with van der Waals surface area (Å²) in [6, 6.07) is 2.19. The minimum absolute atomic E-state index is 0.0879. The zero-order valence-electron chi connectivity index (χ0n) is 25.7. The fourth-order valence-corrected chi connectivity index (χ4v) is 4.18. The molecule has 0 amide bonds. The van der Waals surface area contributed by atoms with Crippen molar-refractivity contribution in [2.24, 2.45) is 0 Å². The van der Waals surface area contributed by atoms with Crippen LogP contribution in [0.4, 0.5) is 20.2 Å². The van der Waals surface area contributed by atoms with Crippen molar-refractivity contribution in [3.63, 3.8) is 0 Å². The average Bonchev–Trinajstić information content (AvgIpc) is 2.96. The number of aryl methyl sites for hydroxylation is 2. The Kier molecular flexibility index (Phi) is 9.70. The van der Waals surface area contributed by atoms with E-state index < -0.39 is 57.3 Å². The van der Waals surface area contributed by atoms with Crippen LogP contribution in [-0.4, -0.2) is 64.2 Å². The number of methoxy groups -OCH3 is 1. The minimum Gasteiger partial charge on any atom is -0.502 e. The quantitative estimate of drug-likeness (QED) is 0.178. The van der Waals surface area contributed by atoms with Gasteiger partial charge in [0.15, 0.2) is 22.9 Å². The van der Waals surface area contributed by atoms with Gasteiger partial charge in [-0.05, 0) is 40.5 Å². The van der Waals surface area contributed by atoms with Crippen LogP contribution in [0.15, 0.2) is 34.1 Å². The number of aliphatic carboxylic acids is 1. The van der Waals surface area contributed by atoms with E-state index in [0.29, 0.717) is 6.42 Å². The molecule has 0 saturated carbocycles. The van der Waals surface area contributed by atoms with Crippen LogP contribution in [0.2, 0.25) is 0 Å². The highest BCUT2D eigenvalue weighted by Gasteiger charge is 2.29. The maximum atomic E-state index is 14.3. The van der Waals surface area contributed by atoms with Gasteiger partial charge in [-0.2, -0.15) is 0 Å². The molecule has 4 heterocycles. The molecule has 5 N–H and O–H groups in total. The molecule has 0 radical (unpaired) electrons. The largest absolute Gasteiger partial charge is 0.502 e. The lowest BCUT2D eigenvalue weighted by Crippen LogP contribution is -2.41. The third-order valence-corrected chi connectivity index (χ3v) is 6.67. The molecule has 4 aromatic rings. The number of pyridine rings is 2. The summed E-state index contributed by atoms with van der Waals surface area (Å²) >= 11 is 0. The first kappa shape index (κ1) is 34.2. The molecule has 14 nitrogen and oxygen atoms in total. The summed E-state index contributed by atoms with van der Waals surface area (Å²) in [5.41, 5.74) is -3.98. The number of halogens is 2. The Balaban J connectivity index is 0.000000246. The molecule has 16 heteroatoms. The summed E-state index contributed by atoms with van der Waals surface area (Å²) in [4.78, 5) is 54.9. The minimum atomic E-state index is -1.36. The fraction of sp³-hybridized carbons (Fsp3) is 0.379. The number of anilines is 2. The number of hydrogen-bond donors (Lipinski definition) is 5. The Labute approximate surface area is 255 Å². The molecule has 242 valence electrons.